The van der Waals surface area contributed by atoms with E-state index in [9.17, 15) is 9.59 Å². The zero-order chi connectivity index (χ0) is 20.2. The summed E-state index contributed by atoms with van der Waals surface area (Å²) in [5, 5.41) is 11.1. The highest BCUT2D eigenvalue weighted by molar-refractivity contribution is 6.03. The van der Waals surface area contributed by atoms with E-state index in [1.54, 1.807) is 43.3 Å². The maximum Gasteiger partial charge on any atom is 0.338 e. The van der Waals surface area contributed by atoms with E-state index in [0.29, 0.717) is 23.7 Å². The molecule has 1 N–H and O–H groups in total. The molecule has 0 atom stereocenters. The molecule has 146 valence electrons. The summed E-state index contributed by atoms with van der Waals surface area (Å²) in [7, 11) is 0. The van der Waals surface area contributed by atoms with Gasteiger partial charge in [-0.2, -0.15) is 0 Å². The van der Waals surface area contributed by atoms with Crippen molar-refractivity contribution >= 4 is 29.1 Å². The van der Waals surface area contributed by atoms with Crippen molar-refractivity contribution in [2.75, 3.05) is 23.4 Å². The number of benzene rings is 2. The molecule has 2 heterocycles. The van der Waals surface area contributed by atoms with E-state index in [0.717, 1.165) is 18.7 Å². The molecule has 0 bridgehead atoms. The molecule has 2 aromatic carbocycles. The van der Waals surface area contributed by atoms with Gasteiger partial charge in [-0.25, -0.2) is 4.79 Å². The Bertz CT molecular complexity index is 1030. The Morgan fingerprint density at radius 3 is 2.55 bits per heavy atom. The fourth-order valence-electron chi connectivity index (χ4n) is 3.27. The third-order valence-electron chi connectivity index (χ3n) is 4.70. The molecule has 0 fully saturated rings. The van der Waals surface area contributed by atoms with Gasteiger partial charge >= 0.3 is 5.97 Å². The van der Waals surface area contributed by atoms with Crippen LogP contribution in [-0.4, -0.2) is 35.2 Å². The lowest BCUT2D eigenvalue weighted by Crippen LogP contribution is -2.18. The summed E-state index contributed by atoms with van der Waals surface area (Å²) in [6.45, 7) is 2.91. The standard InChI is InChI=1S/C22H20N4O3/c1-2-29-22(28)16-7-9-17(10-8-16)23-21(27)18-11-12-20(25-24-18)26-14-13-15-5-3-4-6-19(15)26/h3-12H,2,13-14H2,1H3,(H,23,27). The first-order chi connectivity index (χ1) is 14.2. The lowest BCUT2D eigenvalue weighted by Gasteiger charge is -2.17. The first-order valence-electron chi connectivity index (χ1n) is 9.43. The highest BCUT2D eigenvalue weighted by atomic mass is 16.5. The SMILES string of the molecule is CCOC(=O)c1ccc(NC(=O)c2ccc(N3CCc4ccccc43)nn2)cc1. The Morgan fingerprint density at radius 1 is 1.03 bits per heavy atom. The highest BCUT2D eigenvalue weighted by Gasteiger charge is 2.21. The van der Waals surface area contributed by atoms with Crippen LogP contribution in [0.25, 0.3) is 0 Å². The third-order valence-corrected chi connectivity index (χ3v) is 4.70. The molecule has 0 saturated carbocycles. The third kappa shape index (κ3) is 3.94. The number of anilines is 3. The molecule has 1 aromatic heterocycles. The Hall–Kier alpha value is -3.74. The van der Waals surface area contributed by atoms with Crippen LogP contribution < -0.4 is 10.2 Å². The predicted molar refractivity (Wildman–Crippen MR) is 110 cm³/mol. The number of rotatable bonds is 5. The first kappa shape index (κ1) is 18.6. The fraction of sp³-hybridized carbons (Fsp3) is 0.182. The van der Waals surface area contributed by atoms with Crippen LogP contribution >= 0.6 is 0 Å². The summed E-state index contributed by atoms with van der Waals surface area (Å²) in [5.74, 6) is -0.0460. The van der Waals surface area contributed by atoms with Gasteiger partial charge in [0.2, 0.25) is 0 Å². The van der Waals surface area contributed by atoms with E-state index in [1.165, 1.54) is 5.56 Å². The number of aromatic nitrogens is 2. The van der Waals surface area contributed by atoms with Crippen molar-refractivity contribution in [1.82, 2.24) is 10.2 Å². The van der Waals surface area contributed by atoms with Crippen LogP contribution in [0, 0.1) is 0 Å². The van der Waals surface area contributed by atoms with Gasteiger partial charge in [-0.3, -0.25) is 4.79 Å². The summed E-state index contributed by atoms with van der Waals surface area (Å²) in [4.78, 5) is 26.2. The molecule has 1 aliphatic rings. The molecule has 29 heavy (non-hydrogen) atoms. The maximum absolute atomic E-state index is 12.4. The van der Waals surface area contributed by atoms with Crippen molar-refractivity contribution < 1.29 is 14.3 Å². The van der Waals surface area contributed by atoms with E-state index >= 15 is 0 Å². The minimum atomic E-state index is -0.393. The number of nitrogens with zero attached hydrogens (tertiary/aromatic N) is 3. The summed E-state index contributed by atoms with van der Waals surface area (Å²) in [5.41, 5.74) is 3.61. The number of hydrogen-bond donors (Lipinski definition) is 1. The molecule has 0 aliphatic carbocycles. The monoisotopic (exact) mass is 388 g/mol. The molecule has 7 nitrogen and oxygen atoms in total. The second kappa shape index (κ2) is 8.10. The Labute approximate surface area is 168 Å². The summed E-state index contributed by atoms with van der Waals surface area (Å²) in [6, 6.07) is 18.2. The van der Waals surface area contributed by atoms with Gasteiger partial charge in [0.05, 0.1) is 12.2 Å². The van der Waals surface area contributed by atoms with E-state index < -0.39 is 5.97 Å². The van der Waals surface area contributed by atoms with E-state index in [1.807, 2.05) is 12.1 Å². The number of para-hydroxylation sites is 1. The molecule has 0 spiro atoms. The van der Waals surface area contributed by atoms with Crippen molar-refractivity contribution in [2.24, 2.45) is 0 Å². The Balaban J connectivity index is 1.43. The number of carbonyl (C=O) groups is 2. The van der Waals surface area contributed by atoms with Gasteiger partial charge in [-0.1, -0.05) is 18.2 Å². The van der Waals surface area contributed by atoms with Gasteiger partial charge < -0.3 is 15.0 Å². The molecule has 0 unspecified atom stereocenters. The topological polar surface area (TPSA) is 84.4 Å². The largest absolute Gasteiger partial charge is 0.462 e. The van der Waals surface area contributed by atoms with E-state index in [4.69, 9.17) is 4.74 Å². The summed E-state index contributed by atoms with van der Waals surface area (Å²) in [6.07, 6.45) is 0.960. The second-order valence-electron chi connectivity index (χ2n) is 6.56. The number of hydrogen-bond acceptors (Lipinski definition) is 6. The van der Waals surface area contributed by atoms with Gasteiger partial charge in [0.25, 0.3) is 5.91 Å². The molecule has 1 aliphatic heterocycles. The van der Waals surface area contributed by atoms with Crippen molar-refractivity contribution in [3.8, 4) is 0 Å². The number of esters is 1. The number of carbonyl (C=O) groups excluding carboxylic acids is 2. The van der Waals surface area contributed by atoms with Gasteiger partial charge in [0.1, 0.15) is 0 Å². The van der Waals surface area contributed by atoms with Gasteiger partial charge in [0, 0.05) is 17.9 Å². The van der Waals surface area contributed by atoms with Crippen LogP contribution in [-0.2, 0) is 11.2 Å². The van der Waals surface area contributed by atoms with Gasteiger partial charge in [-0.15, -0.1) is 10.2 Å². The average molecular weight is 388 g/mol. The van der Waals surface area contributed by atoms with Crippen LogP contribution in [0.15, 0.2) is 60.7 Å². The number of nitrogens with one attached hydrogen (secondary N) is 1. The number of ether oxygens (including phenoxy) is 1. The van der Waals surface area contributed by atoms with Crippen LogP contribution in [0.2, 0.25) is 0 Å². The quantitative estimate of drug-likeness (QED) is 0.673. The normalized spacial score (nSPS) is 12.4. The first-order valence-corrected chi connectivity index (χ1v) is 9.43. The zero-order valence-electron chi connectivity index (χ0n) is 16.0. The minimum Gasteiger partial charge on any atom is -0.462 e. The van der Waals surface area contributed by atoms with Gasteiger partial charge in [0.15, 0.2) is 11.5 Å². The van der Waals surface area contributed by atoms with E-state index in [2.05, 4.69) is 32.5 Å². The van der Waals surface area contributed by atoms with Crippen molar-refractivity contribution in [3.63, 3.8) is 0 Å². The lowest BCUT2D eigenvalue weighted by atomic mass is 10.2. The van der Waals surface area contributed by atoms with Crippen molar-refractivity contribution in [1.29, 1.82) is 0 Å². The van der Waals surface area contributed by atoms with E-state index in [-0.39, 0.29) is 11.6 Å². The summed E-state index contributed by atoms with van der Waals surface area (Å²) >= 11 is 0. The van der Waals surface area contributed by atoms with Crippen molar-refractivity contribution in [3.05, 3.63) is 77.5 Å². The zero-order valence-corrected chi connectivity index (χ0v) is 16.0. The fourth-order valence-corrected chi connectivity index (χ4v) is 3.27. The number of fused-ring (bicyclic) bond motifs is 1. The molecular weight excluding hydrogens is 368 g/mol. The Kier molecular flexibility index (Phi) is 5.20. The molecular formula is C22H20N4O3. The minimum absolute atomic E-state index is 0.218. The molecule has 1 amide bonds. The molecule has 4 rings (SSSR count). The molecule has 0 radical (unpaired) electrons. The molecule has 3 aromatic rings. The van der Waals surface area contributed by atoms with Gasteiger partial charge in [-0.05, 0) is 61.4 Å². The van der Waals surface area contributed by atoms with Crippen LogP contribution in [0.1, 0.15) is 33.3 Å². The predicted octanol–water partition coefficient (Wildman–Crippen LogP) is 3.60. The smallest absolute Gasteiger partial charge is 0.338 e. The van der Waals surface area contributed by atoms with Crippen LogP contribution in [0.5, 0.6) is 0 Å². The lowest BCUT2D eigenvalue weighted by molar-refractivity contribution is 0.0526. The maximum atomic E-state index is 12.4. The summed E-state index contributed by atoms with van der Waals surface area (Å²) < 4.78 is 4.95. The number of amides is 1. The average Bonchev–Trinajstić information content (AvgIpc) is 3.19. The van der Waals surface area contributed by atoms with Crippen LogP contribution in [0.4, 0.5) is 17.2 Å². The molecule has 7 heteroatoms. The molecule has 0 saturated heterocycles. The highest BCUT2D eigenvalue weighted by Crippen LogP contribution is 2.32. The Morgan fingerprint density at radius 2 is 1.83 bits per heavy atom. The van der Waals surface area contributed by atoms with Crippen LogP contribution in [0.3, 0.4) is 0 Å². The van der Waals surface area contributed by atoms with Crippen molar-refractivity contribution in [2.45, 2.75) is 13.3 Å². The second-order valence-corrected chi connectivity index (χ2v) is 6.56.